The van der Waals surface area contributed by atoms with Crippen molar-refractivity contribution in [2.45, 2.75) is 13.3 Å². The Bertz CT molecular complexity index is 1000. The number of aromatic amines is 1. The minimum absolute atomic E-state index is 0.0607. The molecule has 3 rings (SSSR count). The van der Waals surface area contributed by atoms with E-state index in [9.17, 15) is 14.0 Å². The summed E-state index contributed by atoms with van der Waals surface area (Å²) >= 11 is 3.31. The molecule has 0 fully saturated rings. The smallest absolute Gasteiger partial charge is 0.343 e. The number of carbonyl (C=O) groups excluding carboxylic acids is 1. The summed E-state index contributed by atoms with van der Waals surface area (Å²) < 4.78 is 20.1. The Hall–Kier alpha value is -2.54. The SMILES string of the molecule is CCOC(=O)c1c[nH]c2c(F)cc(Cc3ccc(Br)cn3)cc2c1=O. The standard InChI is InChI=1S/C18H14BrFN2O3/c1-2-25-18(24)14-9-22-16-13(17(14)23)6-10(7-15(16)20)5-12-4-3-11(19)8-21-12/h3-4,6-9H,2,5H2,1H3,(H,22,23). The van der Waals surface area contributed by atoms with Crippen LogP contribution < -0.4 is 5.43 Å². The van der Waals surface area contributed by atoms with Crippen molar-refractivity contribution in [3.63, 3.8) is 0 Å². The highest BCUT2D eigenvalue weighted by Crippen LogP contribution is 2.19. The second kappa shape index (κ2) is 7.14. The molecule has 0 radical (unpaired) electrons. The van der Waals surface area contributed by atoms with Crippen LogP contribution in [-0.4, -0.2) is 22.5 Å². The molecular formula is C18H14BrFN2O3. The lowest BCUT2D eigenvalue weighted by Crippen LogP contribution is -2.18. The van der Waals surface area contributed by atoms with Gasteiger partial charge in [0.1, 0.15) is 11.4 Å². The maximum Gasteiger partial charge on any atom is 0.343 e. The molecule has 1 aromatic carbocycles. The molecule has 0 saturated carbocycles. The molecule has 0 spiro atoms. The number of fused-ring (bicyclic) bond motifs is 1. The quantitative estimate of drug-likeness (QED) is 0.674. The molecule has 2 aromatic heterocycles. The van der Waals surface area contributed by atoms with Gasteiger partial charge >= 0.3 is 5.97 Å². The van der Waals surface area contributed by atoms with Gasteiger partial charge in [-0.1, -0.05) is 0 Å². The maximum atomic E-state index is 14.4. The van der Waals surface area contributed by atoms with Gasteiger partial charge in [0, 0.05) is 34.4 Å². The molecule has 0 aliphatic heterocycles. The predicted molar refractivity (Wildman–Crippen MR) is 95.2 cm³/mol. The first kappa shape index (κ1) is 17.3. The highest BCUT2D eigenvalue weighted by Gasteiger charge is 2.16. The molecule has 0 atom stereocenters. The van der Waals surface area contributed by atoms with Crippen molar-refractivity contribution in [2.75, 3.05) is 6.61 Å². The number of H-pyrrole nitrogens is 1. The van der Waals surface area contributed by atoms with Crippen molar-refractivity contribution < 1.29 is 13.9 Å². The first-order valence-electron chi connectivity index (χ1n) is 7.61. The van der Waals surface area contributed by atoms with Gasteiger partial charge in [0.25, 0.3) is 0 Å². The fourth-order valence-corrected chi connectivity index (χ4v) is 2.76. The number of carbonyl (C=O) groups is 1. The van der Waals surface area contributed by atoms with Gasteiger partial charge < -0.3 is 9.72 Å². The van der Waals surface area contributed by atoms with E-state index in [4.69, 9.17) is 4.74 Å². The van der Waals surface area contributed by atoms with E-state index >= 15 is 0 Å². The van der Waals surface area contributed by atoms with Gasteiger partial charge in [-0.3, -0.25) is 9.78 Å². The van der Waals surface area contributed by atoms with Crippen LogP contribution in [0.2, 0.25) is 0 Å². The second-order valence-corrected chi connectivity index (χ2v) is 6.31. The molecule has 0 bridgehead atoms. The summed E-state index contributed by atoms with van der Waals surface area (Å²) in [6.45, 7) is 1.80. The van der Waals surface area contributed by atoms with Crippen LogP contribution in [0.5, 0.6) is 0 Å². The minimum atomic E-state index is -0.731. The van der Waals surface area contributed by atoms with E-state index in [1.807, 2.05) is 12.1 Å². The molecule has 128 valence electrons. The molecule has 0 aliphatic rings. The molecule has 2 heterocycles. The predicted octanol–water partition coefficient (Wildman–Crippen LogP) is 3.59. The summed E-state index contributed by atoms with van der Waals surface area (Å²) in [5.74, 6) is -1.29. The zero-order chi connectivity index (χ0) is 18.0. The third kappa shape index (κ3) is 3.61. The molecule has 0 aliphatic carbocycles. The molecule has 0 amide bonds. The average molecular weight is 405 g/mol. The largest absolute Gasteiger partial charge is 0.462 e. The number of benzene rings is 1. The van der Waals surface area contributed by atoms with Crippen molar-refractivity contribution in [3.05, 3.63) is 74.0 Å². The number of nitrogens with zero attached hydrogens (tertiary/aromatic N) is 1. The van der Waals surface area contributed by atoms with Gasteiger partial charge in [-0.25, -0.2) is 9.18 Å². The van der Waals surface area contributed by atoms with Crippen molar-refractivity contribution >= 4 is 32.8 Å². The summed E-state index contributed by atoms with van der Waals surface area (Å²) in [5, 5.41) is 0.109. The van der Waals surface area contributed by atoms with Crippen LogP contribution in [0, 0.1) is 5.82 Å². The zero-order valence-electron chi connectivity index (χ0n) is 13.3. The Kier molecular flexibility index (Phi) is 4.94. The Morgan fingerprint density at radius 2 is 2.16 bits per heavy atom. The number of halogens is 2. The van der Waals surface area contributed by atoms with Gasteiger partial charge in [-0.15, -0.1) is 0 Å². The normalized spacial score (nSPS) is 10.8. The van der Waals surface area contributed by atoms with E-state index in [-0.39, 0.29) is 23.1 Å². The molecule has 25 heavy (non-hydrogen) atoms. The summed E-state index contributed by atoms with van der Waals surface area (Å²) in [4.78, 5) is 31.3. The van der Waals surface area contributed by atoms with Crippen molar-refractivity contribution in [3.8, 4) is 0 Å². The number of hydrogen-bond acceptors (Lipinski definition) is 4. The number of esters is 1. The summed E-state index contributed by atoms with van der Waals surface area (Å²) in [7, 11) is 0. The minimum Gasteiger partial charge on any atom is -0.462 e. The molecule has 7 heteroatoms. The average Bonchev–Trinajstić information content (AvgIpc) is 2.58. The van der Waals surface area contributed by atoms with Gasteiger partial charge in [0.05, 0.1) is 12.1 Å². The highest BCUT2D eigenvalue weighted by molar-refractivity contribution is 9.10. The number of ether oxygens (including phenoxy) is 1. The first-order chi connectivity index (χ1) is 12.0. The summed E-state index contributed by atoms with van der Waals surface area (Å²) in [5.41, 5.74) is 0.682. The Morgan fingerprint density at radius 3 is 2.84 bits per heavy atom. The van der Waals surface area contributed by atoms with Crippen LogP contribution in [-0.2, 0) is 11.2 Å². The van der Waals surface area contributed by atoms with Crippen LogP contribution in [0.3, 0.4) is 0 Å². The Labute approximate surface area is 151 Å². The zero-order valence-corrected chi connectivity index (χ0v) is 14.9. The molecule has 0 saturated heterocycles. The van der Waals surface area contributed by atoms with Gasteiger partial charge in [0.2, 0.25) is 5.43 Å². The maximum absolute atomic E-state index is 14.4. The highest BCUT2D eigenvalue weighted by atomic mass is 79.9. The van der Waals surface area contributed by atoms with Crippen molar-refractivity contribution in [1.82, 2.24) is 9.97 Å². The van der Waals surface area contributed by atoms with E-state index < -0.39 is 17.2 Å². The third-order valence-corrected chi connectivity index (χ3v) is 4.14. The van der Waals surface area contributed by atoms with Gasteiger partial charge in [-0.2, -0.15) is 0 Å². The van der Waals surface area contributed by atoms with Gasteiger partial charge in [0.15, 0.2) is 0 Å². The topological polar surface area (TPSA) is 72.1 Å². The molecular weight excluding hydrogens is 391 g/mol. The number of aromatic nitrogens is 2. The first-order valence-corrected chi connectivity index (χ1v) is 8.40. The number of nitrogens with one attached hydrogen (secondary N) is 1. The van der Waals surface area contributed by atoms with Crippen LogP contribution >= 0.6 is 15.9 Å². The molecule has 0 unspecified atom stereocenters. The van der Waals surface area contributed by atoms with E-state index in [0.29, 0.717) is 12.0 Å². The third-order valence-electron chi connectivity index (χ3n) is 3.67. The molecule has 3 aromatic rings. The van der Waals surface area contributed by atoms with E-state index in [2.05, 4.69) is 25.9 Å². The summed E-state index contributed by atoms with van der Waals surface area (Å²) in [6.07, 6.45) is 3.20. The number of pyridine rings is 2. The lowest BCUT2D eigenvalue weighted by Gasteiger charge is -2.07. The lowest BCUT2D eigenvalue weighted by atomic mass is 10.0. The fourth-order valence-electron chi connectivity index (χ4n) is 2.53. The lowest BCUT2D eigenvalue weighted by molar-refractivity contribution is 0.0524. The van der Waals surface area contributed by atoms with Crippen molar-refractivity contribution in [1.29, 1.82) is 0 Å². The fraction of sp³-hybridized carbons (Fsp3) is 0.167. The Balaban J connectivity index is 2.07. The summed E-state index contributed by atoms with van der Waals surface area (Å²) in [6, 6.07) is 6.58. The molecule has 5 nitrogen and oxygen atoms in total. The van der Waals surface area contributed by atoms with E-state index in [0.717, 1.165) is 10.2 Å². The number of rotatable bonds is 4. The van der Waals surface area contributed by atoms with Crippen LogP contribution in [0.4, 0.5) is 4.39 Å². The second-order valence-electron chi connectivity index (χ2n) is 5.40. The molecule has 1 N–H and O–H groups in total. The Morgan fingerprint density at radius 1 is 1.36 bits per heavy atom. The van der Waals surface area contributed by atoms with Gasteiger partial charge in [-0.05, 0) is 52.7 Å². The van der Waals surface area contributed by atoms with Crippen LogP contribution in [0.15, 0.2) is 45.9 Å². The monoisotopic (exact) mass is 404 g/mol. The van der Waals surface area contributed by atoms with Crippen LogP contribution in [0.1, 0.15) is 28.5 Å². The number of hydrogen-bond donors (Lipinski definition) is 1. The van der Waals surface area contributed by atoms with Crippen molar-refractivity contribution in [2.24, 2.45) is 0 Å². The van der Waals surface area contributed by atoms with Crippen LogP contribution in [0.25, 0.3) is 10.9 Å². The van der Waals surface area contributed by atoms with E-state index in [1.54, 1.807) is 19.2 Å². The van der Waals surface area contributed by atoms with E-state index in [1.165, 1.54) is 12.3 Å².